The molecule has 0 aliphatic rings. The summed E-state index contributed by atoms with van der Waals surface area (Å²) in [5.74, 6) is -8.95. The molecule has 0 heterocycles. The van der Waals surface area contributed by atoms with E-state index < -0.39 is 93.4 Å². The van der Waals surface area contributed by atoms with Crippen LogP contribution < -0.4 is 29.6 Å². The molecule has 0 radical (unpaired) electrons. The average Bonchev–Trinajstić information content (AvgIpc) is 0.824. The van der Waals surface area contributed by atoms with Gasteiger partial charge in [0.05, 0.1) is 117 Å². The number of azo groups is 4. The summed E-state index contributed by atoms with van der Waals surface area (Å²) >= 11 is 0. The summed E-state index contributed by atoms with van der Waals surface area (Å²) in [5.41, 5.74) is -0.239. The molecule has 0 aromatic heterocycles. The van der Waals surface area contributed by atoms with Crippen molar-refractivity contribution in [1.82, 2.24) is 0 Å². The van der Waals surface area contributed by atoms with Gasteiger partial charge in [0.15, 0.2) is 0 Å². The van der Waals surface area contributed by atoms with Crippen molar-refractivity contribution >= 4 is 127 Å². The third kappa shape index (κ3) is 24.2. The molecule has 0 bridgehead atoms. The van der Waals surface area contributed by atoms with Crippen molar-refractivity contribution in [3.8, 4) is 23.0 Å². The first kappa shape index (κ1) is 74.7. The highest BCUT2D eigenvalue weighted by Crippen LogP contribution is 2.42. The molecule has 2 amide bonds. The van der Waals surface area contributed by atoms with Gasteiger partial charge in [0.25, 0.3) is 40.5 Å². The second-order valence-corrected chi connectivity index (χ2v) is 26.9. The maximum atomic E-state index is 14.1. The third-order valence-corrected chi connectivity index (χ3v) is 16.0. The van der Waals surface area contributed by atoms with Gasteiger partial charge in [0.1, 0.15) is 34.4 Å². The summed E-state index contributed by atoms with van der Waals surface area (Å²) in [6.07, 6.45) is -0.918. The molecule has 35 nitrogen and oxygen atoms in total. The molecular formula is C57H60N10O25S4. The van der Waals surface area contributed by atoms with Crippen molar-refractivity contribution < 1.29 is 115 Å². The molecule has 6 rings (SSSR count). The average molecular weight is 1410 g/mol. The van der Waals surface area contributed by atoms with Gasteiger partial charge in [-0.25, -0.2) is 24.0 Å². The molecule has 39 heteroatoms. The number of ether oxygens (including phenoxy) is 4. The summed E-state index contributed by atoms with van der Waals surface area (Å²) in [4.78, 5) is 60.9. The van der Waals surface area contributed by atoms with E-state index in [1.54, 1.807) is 27.7 Å². The smallest absolute Gasteiger partial charge is 0.335 e. The van der Waals surface area contributed by atoms with Crippen LogP contribution in [0.4, 0.5) is 61.7 Å². The minimum Gasteiger partial charge on any atom is -0.491 e. The Balaban J connectivity index is 1.34. The number of anilines is 2. The number of aryl methyl sites for hydroxylation is 4. The Kier molecular flexibility index (Phi) is 25.5. The molecule has 0 aliphatic carbocycles. The Morgan fingerprint density at radius 2 is 0.573 bits per heavy atom. The number of carboxylic acids is 4. The van der Waals surface area contributed by atoms with E-state index in [-0.39, 0.29) is 154 Å². The van der Waals surface area contributed by atoms with Crippen LogP contribution >= 0.6 is 0 Å². The van der Waals surface area contributed by atoms with Gasteiger partial charge in [-0.05, 0) is 136 Å². The van der Waals surface area contributed by atoms with Crippen molar-refractivity contribution in [3.63, 3.8) is 0 Å². The van der Waals surface area contributed by atoms with Gasteiger partial charge < -0.3 is 50.0 Å². The predicted octanol–water partition coefficient (Wildman–Crippen LogP) is 11.6. The van der Waals surface area contributed by atoms with Crippen LogP contribution in [0.5, 0.6) is 23.0 Å². The van der Waals surface area contributed by atoms with Crippen molar-refractivity contribution in [1.29, 1.82) is 0 Å². The van der Waals surface area contributed by atoms with Gasteiger partial charge in [0.2, 0.25) is 0 Å². The van der Waals surface area contributed by atoms with Gasteiger partial charge in [-0.2, -0.15) is 64.4 Å². The van der Waals surface area contributed by atoms with Crippen molar-refractivity contribution in [2.45, 2.75) is 53.4 Å². The molecular weight excluding hydrogens is 1350 g/mol. The fourth-order valence-electron chi connectivity index (χ4n) is 8.17. The number of carboxylic acid groups (broad SMARTS) is 4. The van der Waals surface area contributed by atoms with Crippen LogP contribution in [0.1, 0.15) is 89.4 Å². The quantitative estimate of drug-likeness (QED) is 0.0102. The van der Waals surface area contributed by atoms with Crippen molar-refractivity contribution in [2.24, 2.45) is 40.9 Å². The molecule has 0 saturated heterocycles. The largest absolute Gasteiger partial charge is 0.491 e. The van der Waals surface area contributed by atoms with E-state index in [2.05, 4.69) is 51.5 Å². The molecule has 96 heavy (non-hydrogen) atoms. The lowest BCUT2D eigenvalue weighted by Gasteiger charge is -2.17. The molecule has 512 valence electrons. The monoisotopic (exact) mass is 1410 g/mol. The molecule has 0 spiro atoms. The Hall–Kier alpha value is -10.3. The van der Waals surface area contributed by atoms with E-state index in [0.29, 0.717) is 22.3 Å². The van der Waals surface area contributed by atoms with E-state index in [0.717, 1.165) is 36.4 Å². The second-order valence-electron chi connectivity index (χ2n) is 20.6. The zero-order valence-corrected chi connectivity index (χ0v) is 54.1. The molecule has 0 fully saturated rings. The first-order valence-electron chi connectivity index (χ1n) is 27.8. The third-order valence-electron chi connectivity index (χ3n) is 12.8. The van der Waals surface area contributed by atoms with E-state index >= 15 is 0 Å². The molecule has 0 aliphatic heterocycles. The Labute approximate surface area is 546 Å². The van der Waals surface area contributed by atoms with Crippen LogP contribution in [-0.4, -0.2) is 152 Å². The first-order chi connectivity index (χ1) is 44.9. The number of carbonyl (C=O) groups excluding carboxylic acids is 1. The van der Waals surface area contributed by atoms with E-state index in [9.17, 15) is 96.3 Å². The number of rotatable bonds is 34. The van der Waals surface area contributed by atoms with Gasteiger partial charge in [-0.15, -0.1) is 10.2 Å². The Morgan fingerprint density at radius 3 is 0.844 bits per heavy atom. The van der Waals surface area contributed by atoms with Crippen LogP contribution in [0, 0.1) is 27.7 Å². The van der Waals surface area contributed by atoms with Crippen LogP contribution in [0.15, 0.2) is 126 Å². The zero-order chi connectivity index (χ0) is 70.9. The Morgan fingerprint density at radius 1 is 0.333 bits per heavy atom. The summed E-state index contributed by atoms with van der Waals surface area (Å²) in [5, 5.41) is 77.1. The minimum absolute atomic E-state index is 0.00870. The standard InChI is InChI=1S/C57H60N10O25S4/c1-31-17-45(49(89-9-5-13-93(77,78)79)27-43(31)64-66-47-19-33(3)41(29-51(47)91-11-7-15-95(83,84)85)62-60-39-23-35(53(68)69)21-36(24-39)54(70)71)58-57(76)59-46-18-32(2)44(28-50(46)90-10-6-14-94(80,81)82)65-67-48-20-34(4)42(30-52(48)92-12-8-16-96(86,87)88)63-61-40-25-37(55(72)73)22-38(26-40)56(74)75/h17-30H,5-16H2,1-4H3,(H,68,69)(H,70,71)(H,72,73)(H,74,75)(H2,58,59,76)(H,77,78,79)(H,80,81,82)(H,83,84,85)(H,86,87,88). The number of aromatic carboxylic acids is 4. The lowest BCUT2D eigenvalue weighted by Crippen LogP contribution is -2.21. The van der Waals surface area contributed by atoms with Gasteiger partial charge in [-0.1, -0.05) is 0 Å². The molecule has 6 aromatic rings. The maximum Gasteiger partial charge on any atom is 0.335 e. The normalized spacial score (nSPS) is 12.2. The summed E-state index contributed by atoms with van der Waals surface area (Å²) in [6.45, 7) is 4.90. The highest BCUT2D eigenvalue weighted by atomic mass is 32.2. The fourth-order valence-corrected chi connectivity index (χ4v) is 10.1. The summed E-state index contributed by atoms with van der Waals surface area (Å²) in [7, 11) is -17.7. The lowest BCUT2D eigenvalue weighted by atomic mass is 10.1. The van der Waals surface area contributed by atoms with Crippen LogP contribution in [0.2, 0.25) is 0 Å². The number of carbonyl (C=O) groups is 5. The van der Waals surface area contributed by atoms with Crippen LogP contribution in [0.3, 0.4) is 0 Å². The van der Waals surface area contributed by atoms with Gasteiger partial charge in [-0.3, -0.25) is 18.2 Å². The topological polar surface area (TPSA) is 544 Å². The van der Waals surface area contributed by atoms with Crippen LogP contribution in [0.25, 0.3) is 0 Å². The number of hydrogen-bond acceptors (Lipinski definition) is 25. The number of amides is 2. The predicted molar refractivity (Wildman–Crippen MR) is 341 cm³/mol. The summed E-state index contributed by atoms with van der Waals surface area (Å²) in [6, 6.07) is 16.1. The number of urea groups is 1. The number of nitrogens with zero attached hydrogens (tertiary/aromatic N) is 8. The maximum absolute atomic E-state index is 14.1. The number of nitrogens with one attached hydrogen (secondary N) is 2. The highest BCUT2D eigenvalue weighted by Gasteiger charge is 2.21. The lowest BCUT2D eigenvalue weighted by molar-refractivity contribution is 0.0676. The number of benzene rings is 6. The van der Waals surface area contributed by atoms with E-state index in [4.69, 9.17) is 18.9 Å². The molecule has 0 atom stereocenters. The SMILES string of the molecule is Cc1cc(N=Nc2cc(OCCCS(=O)(=O)O)c(NC(=O)Nc3cc(C)c(N=Nc4cc(C)c(N=Nc5cc(C(=O)O)cc(C(=O)O)c5)cc4OCCCS(=O)(=O)O)cc3OCCCS(=O)(=O)O)cc2C)c(OCCCS(=O)(=O)O)cc1N=Nc1cc(C(=O)O)cc(C(=O)O)c1. The second kappa shape index (κ2) is 32.7. The zero-order valence-electron chi connectivity index (χ0n) is 50.8. The van der Waals surface area contributed by atoms with Gasteiger partial charge >= 0.3 is 29.9 Å². The fraction of sp³-hybridized carbons (Fsp3) is 0.281. The van der Waals surface area contributed by atoms with Crippen LogP contribution in [-0.2, 0) is 40.5 Å². The van der Waals surface area contributed by atoms with Gasteiger partial charge in [0, 0.05) is 24.3 Å². The van der Waals surface area contributed by atoms with Crippen molar-refractivity contribution in [3.05, 3.63) is 129 Å². The molecule has 0 unspecified atom stereocenters. The minimum atomic E-state index is -4.46. The Bertz CT molecular complexity index is 4250. The molecule has 0 saturated carbocycles. The molecule has 10 N–H and O–H groups in total. The van der Waals surface area contributed by atoms with E-state index in [1.807, 2.05) is 0 Å². The number of hydrogen-bond donors (Lipinski definition) is 10. The highest BCUT2D eigenvalue weighted by molar-refractivity contribution is 7.86. The first-order valence-corrected chi connectivity index (χ1v) is 34.2. The molecule has 6 aromatic carbocycles. The van der Waals surface area contributed by atoms with Crippen molar-refractivity contribution in [2.75, 3.05) is 60.1 Å². The summed E-state index contributed by atoms with van der Waals surface area (Å²) < 4.78 is 153. The van der Waals surface area contributed by atoms with E-state index in [1.165, 1.54) is 48.5 Å².